The number of hydrogen-bond donors (Lipinski definition) is 1. The number of alkyl halides is 3. The van der Waals surface area contributed by atoms with Crippen LogP contribution in [0.3, 0.4) is 0 Å². The van der Waals surface area contributed by atoms with Gasteiger partial charge >= 0.3 is 6.18 Å². The fourth-order valence-corrected chi connectivity index (χ4v) is 2.02. The van der Waals surface area contributed by atoms with E-state index in [1.165, 1.54) is 0 Å². The molecule has 0 unspecified atom stereocenters. The summed E-state index contributed by atoms with van der Waals surface area (Å²) < 4.78 is 62.5. The van der Waals surface area contributed by atoms with Gasteiger partial charge in [-0.25, -0.2) is 4.39 Å². The van der Waals surface area contributed by atoms with Crippen LogP contribution in [0.25, 0.3) is 0 Å². The number of nitrogens with zero attached hydrogens (tertiary/aromatic N) is 2. The Kier molecular flexibility index (Phi) is 4.61. The van der Waals surface area contributed by atoms with Crippen LogP contribution in [0.2, 0.25) is 0 Å². The molecule has 1 heterocycles. The van der Waals surface area contributed by atoms with Crippen LogP contribution >= 0.6 is 0 Å². The summed E-state index contributed by atoms with van der Waals surface area (Å²) in [6, 6.07) is 10.8. The third-order valence-corrected chi connectivity index (χ3v) is 3.23. The molecule has 2 aromatic carbocycles. The van der Waals surface area contributed by atoms with E-state index in [4.69, 9.17) is 15.2 Å². The maximum atomic E-state index is 13.3. The molecule has 26 heavy (non-hydrogen) atoms. The third-order valence-electron chi connectivity index (χ3n) is 3.23. The van der Waals surface area contributed by atoms with E-state index < -0.39 is 17.6 Å². The topological polar surface area (TPSA) is 70.3 Å². The first-order chi connectivity index (χ1) is 12.3. The average molecular weight is 365 g/mol. The Morgan fingerprint density at radius 2 is 1.46 bits per heavy atom. The summed E-state index contributed by atoms with van der Waals surface area (Å²) in [7, 11) is 0. The summed E-state index contributed by atoms with van der Waals surface area (Å²) >= 11 is 0. The van der Waals surface area contributed by atoms with Crippen molar-refractivity contribution < 1.29 is 27.0 Å². The van der Waals surface area contributed by atoms with E-state index in [9.17, 15) is 17.6 Å². The first-order valence-electron chi connectivity index (χ1n) is 7.22. The molecule has 0 aliphatic heterocycles. The minimum atomic E-state index is -4.86. The summed E-state index contributed by atoms with van der Waals surface area (Å²) in [6.07, 6.45) is -3.78. The molecule has 1 aromatic heterocycles. The van der Waals surface area contributed by atoms with Gasteiger partial charge in [0.1, 0.15) is 23.6 Å². The molecule has 0 atom stereocenters. The molecule has 0 spiro atoms. The van der Waals surface area contributed by atoms with Crippen LogP contribution < -0.4 is 15.2 Å². The van der Waals surface area contributed by atoms with Gasteiger partial charge in [-0.2, -0.15) is 23.1 Å². The predicted molar refractivity (Wildman–Crippen MR) is 84.4 cm³/mol. The molecule has 0 saturated carbocycles. The number of anilines is 1. The second-order valence-corrected chi connectivity index (χ2v) is 5.05. The van der Waals surface area contributed by atoms with Crippen molar-refractivity contribution >= 4 is 5.69 Å². The molecule has 0 aliphatic rings. The van der Waals surface area contributed by atoms with Crippen molar-refractivity contribution in [2.24, 2.45) is 0 Å². The lowest BCUT2D eigenvalue weighted by atomic mass is 10.2. The molecule has 0 saturated heterocycles. The van der Waals surface area contributed by atoms with Crippen LogP contribution in [0, 0.1) is 5.82 Å². The molecule has 9 heteroatoms. The van der Waals surface area contributed by atoms with Gasteiger partial charge in [0.2, 0.25) is 11.8 Å². The van der Waals surface area contributed by atoms with Gasteiger partial charge in [0, 0.05) is 0 Å². The van der Waals surface area contributed by atoms with E-state index in [0.29, 0.717) is 17.9 Å². The zero-order chi connectivity index (χ0) is 18.7. The number of para-hydroxylation sites is 1. The molecule has 2 N–H and O–H groups in total. The molecular weight excluding hydrogens is 354 g/mol. The average Bonchev–Trinajstić information content (AvgIpc) is 2.60. The van der Waals surface area contributed by atoms with Gasteiger partial charge in [-0.15, -0.1) is 0 Å². The second kappa shape index (κ2) is 6.87. The maximum Gasteiger partial charge on any atom is 0.419 e. The standard InChI is InChI=1S/C17H11F4N3O2/c18-13-7-6-11(8-12(13)17(19,20)21)26-16-14(22)15(23-9-24-16)25-10-4-2-1-3-5-10/h1-9H,22H2. The summed E-state index contributed by atoms with van der Waals surface area (Å²) in [5, 5.41) is 0. The number of ether oxygens (including phenoxy) is 2. The highest BCUT2D eigenvalue weighted by Crippen LogP contribution is 2.37. The molecule has 0 amide bonds. The van der Waals surface area contributed by atoms with Crippen molar-refractivity contribution in [2.45, 2.75) is 6.18 Å². The van der Waals surface area contributed by atoms with Crippen LogP contribution in [-0.2, 0) is 6.18 Å². The highest BCUT2D eigenvalue weighted by atomic mass is 19.4. The molecule has 3 aromatic rings. The van der Waals surface area contributed by atoms with E-state index in [1.54, 1.807) is 30.3 Å². The molecule has 5 nitrogen and oxygen atoms in total. The van der Waals surface area contributed by atoms with Gasteiger partial charge in [-0.1, -0.05) is 18.2 Å². The van der Waals surface area contributed by atoms with Crippen molar-refractivity contribution in [1.29, 1.82) is 0 Å². The molecule has 0 fully saturated rings. The maximum absolute atomic E-state index is 13.3. The Bertz CT molecular complexity index is 918. The second-order valence-electron chi connectivity index (χ2n) is 5.05. The lowest BCUT2D eigenvalue weighted by molar-refractivity contribution is -0.140. The highest BCUT2D eigenvalue weighted by molar-refractivity contribution is 5.58. The monoisotopic (exact) mass is 365 g/mol. The van der Waals surface area contributed by atoms with Crippen LogP contribution in [0.4, 0.5) is 23.2 Å². The molecule has 0 bridgehead atoms. The van der Waals surface area contributed by atoms with Gasteiger partial charge in [0.15, 0.2) is 5.69 Å². The van der Waals surface area contributed by atoms with Crippen molar-refractivity contribution in [3.05, 3.63) is 66.2 Å². The number of nitrogens with two attached hydrogens (primary N) is 1. The number of benzene rings is 2. The van der Waals surface area contributed by atoms with Crippen LogP contribution in [0.5, 0.6) is 23.3 Å². The normalized spacial score (nSPS) is 11.2. The van der Waals surface area contributed by atoms with E-state index in [-0.39, 0.29) is 23.2 Å². The zero-order valence-electron chi connectivity index (χ0n) is 13.0. The Morgan fingerprint density at radius 3 is 2.08 bits per heavy atom. The van der Waals surface area contributed by atoms with E-state index >= 15 is 0 Å². The lowest BCUT2D eigenvalue weighted by Crippen LogP contribution is -2.08. The van der Waals surface area contributed by atoms with Gasteiger partial charge < -0.3 is 15.2 Å². The number of nitrogen functional groups attached to an aromatic ring is 1. The number of hydrogen-bond acceptors (Lipinski definition) is 5. The molecular formula is C17H11F4N3O2. The largest absolute Gasteiger partial charge is 0.437 e. The first-order valence-corrected chi connectivity index (χ1v) is 7.22. The van der Waals surface area contributed by atoms with Crippen LogP contribution in [-0.4, -0.2) is 9.97 Å². The summed E-state index contributed by atoms with van der Waals surface area (Å²) in [5.74, 6) is -1.49. The molecule has 0 radical (unpaired) electrons. The first kappa shape index (κ1) is 17.5. The van der Waals surface area contributed by atoms with Gasteiger partial charge in [0.25, 0.3) is 0 Å². The van der Waals surface area contributed by atoms with Gasteiger partial charge in [-0.05, 0) is 30.3 Å². The Hall–Kier alpha value is -3.36. The van der Waals surface area contributed by atoms with Crippen molar-refractivity contribution in [1.82, 2.24) is 9.97 Å². The third kappa shape index (κ3) is 3.82. The Labute approximate surface area is 145 Å². The fraction of sp³-hybridized carbons (Fsp3) is 0.0588. The Balaban J connectivity index is 1.88. The van der Waals surface area contributed by atoms with Crippen molar-refractivity contribution in [2.75, 3.05) is 5.73 Å². The fourth-order valence-electron chi connectivity index (χ4n) is 2.02. The lowest BCUT2D eigenvalue weighted by Gasteiger charge is -2.13. The zero-order valence-corrected chi connectivity index (χ0v) is 13.0. The molecule has 3 rings (SSSR count). The molecule has 134 valence electrons. The van der Waals surface area contributed by atoms with Gasteiger partial charge in [-0.3, -0.25) is 0 Å². The van der Waals surface area contributed by atoms with E-state index in [2.05, 4.69) is 9.97 Å². The SMILES string of the molecule is Nc1c(Oc2ccccc2)ncnc1Oc1ccc(F)c(C(F)(F)F)c1. The van der Waals surface area contributed by atoms with E-state index in [0.717, 1.165) is 12.4 Å². The summed E-state index contributed by atoms with van der Waals surface area (Å²) in [4.78, 5) is 7.65. The predicted octanol–water partition coefficient (Wildman–Crippen LogP) is 4.80. The number of aromatic nitrogens is 2. The van der Waals surface area contributed by atoms with Crippen molar-refractivity contribution in [3.63, 3.8) is 0 Å². The van der Waals surface area contributed by atoms with Crippen LogP contribution in [0.1, 0.15) is 5.56 Å². The molecule has 0 aliphatic carbocycles. The quantitative estimate of drug-likeness (QED) is 0.673. The summed E-state index contributed by atoms with van der Waals surface area (Å²) in [5.41, 5.74) is 4.29. The Morgan fingerprint density at radius 1 is 0.846 bits per heavy atom. The highest BCUT2D eigenvalue weighted by Gasteiger charge is 2.34. The van der Waals surface area contributed by atoms with Crippen LogP contribution in [0.15, 0.2) is 54.9 Å². The van der Waals surface area contributed by atoms with Gasteiger partial charge in [0.05, 0.1) is 5.56 Å². The van der Waals surface area contributed by atoms with Crippen molar-refractivity contribution in [3.8, 4) is 23.3 Å². The summed E-state index contributed by atoms with van der Waals surface area (Å²) in [6.45, 7) is 0. The minimum Gasteiger partial charge on any atom is -0.437 e. The minimum absolute atomic E-state index is 0.0284. The van der Waals surface area contributed by atoms with E-state index in [1.807, 2.05) is 0 Å². The number of rotatable bonds is 4. The number of halogens is 4. The smallest absolute Gasteiger partial charge is 0.419 e.